The first-order valence-corrected chi connectivity index (χ1v) is 6.18. The van der Waals surface area contributed by atoms with Gasteiger partial charge in [-0.05, 0) is 24.6 Å². The van der Waals surface area contributed by atoms with Crippen molar-refractivity contribution in [3.8, 4) is 0 Å². The molecule has 16 heavy (non-hydrogen) atoms. The molecule has 0 spiro atoms. The molecule has 2 N–H and O–H groups in total. The van der Waals surface area contributed by atoms with E-state index in [0.717, 1.165) is 5.56 Å². The van der Waals surface area contributed by atoms with Crippen LogP contribution in [-0.2, 0) is 15.6 Å². The van der Waals surface area contributed by atoms with Crippen LogP contribution in [-0.4, -0.2) is 34.9 Å². The van der Waals surface area contributed by atoms with Gasteiger partial charge < -0.3 is 10.6 Å². The van der Waals surface area contributed by atoms with Gasteiger partial charge in [-0.2, -0.15) is 0 Å². The number of aryl methyl sites for hydroxylation is 1. The van der Waals surface area contributed by atoms with Crippen molar-refractivity contribution in [2.24, 2.45) is 0 Å². The van der Waals surface area contributed by atoms with E-state index in [-0.39, 0.29) is 11.7 Å². The van der Waals surface area contributed by atoms with Crippen molar-refractivity contribution in [1.29, 1.82) is 0 Å². The van der Waals surface area contributed by atoms with Crippen LogP contribution in [0.4, 0.5) is 5.69 Å². The van der Waals surface area contributed by atoms with Crippen LogP contribution < -0.4 is 5.73 Å². The maximum absolute atomic E-state index is 11.9. The summed E-state index contributed by atoms with van der Waals surface area (Å²) in [7, 11) is 1.90. The van der Waals surface area contributed by atoms with E-state index in [1.54, 1.807) is 26.2 Å². The molecule has 1 unspecified atom stereocenters. The summed E-state index contributed by atoms with van der Waals surface area (Å²) in [6, 6.07) is 5.31. The van der Waals surface area contributed by atoms with Crippen molar-refractivity contribution in [3.05, 3.63) is 23.8 Å². The van der Waals surface area contributed by atoms with Crippen LogP contribution in [0.25, 0.3) is 0 Å². The largest absolute Gasteiger partial charge is 0.398 e. The van der Waals surface area contributed by atoms with E-state index in [1.807, 2.05) is 13.0 Å². The summed E-state index contributed by atoms with van der Waals surface area (Å²) in [6.45, 7) is 1.91. The first-order chi connectivity index (χ1) is 7.41. The number of carbonyl (C=O) groups is 1. The van der Waals surface area contributed by atoms with Crippen molar-refractivity contribution in [2.75, 3.05) is 25.6 Å². The Morgan fingerprint density at radius 2 is 2.06 bits per heavy atom. The van der Waals surface area contributed by atoms with Crippen molar-refractivity contribution >= 4 is 22.4 Å². The first-order valence-electron chi connectivity index (χ1n) is 4.86. The van der Waals surface area contributed by atoms with E-state index in [9.17, 15) is 9.00 Å². The van der Waals surface area contributed by atoms with Crippen molar-refractivity contribution in [2.45, 2.75) is 11.8 Å². The quantitative estimate of drug-likeness (QED) is 0.794. The molecular weight excluding hydrogens is 224 g/mol. The zero-order valence-electron chi connectivity index (χ0n) is 9.69. The Morgan fingerprint density at radius 1 is 1.44 bits per heavy atom. The van der Waals surface area contributed by atoms with Gasteiger partial charge in [0, 0.05) is 19.8 Å². The fourth-order valence-corrected chi connectivity index (χ4v) is 2.37. The second-order valence-electron chi connectivity index (χ2n) is 3.82. The maximum atomic E-state index is 11.9. The molecule has 1 rings (SSSR count). The number of carbonyl (C=O) groups excluding carboxylic acids is 1. The number of anilines is 1. The highest BCUT2D eigenvalue weighted by molar-refractivity contribution is 7.86. The highest BCUT2D eigenvalue weighted by Gasteiger charge is 2.13. The van der Waals surface area contributed by atoms with Crippen LogP contribution in [0.2, 0.25) is 0 Å². The van der Waals surface area contributed by atoms with Gasteiger partial charge >= 0.3 is 0 Å². The Kier molecular flexibility index (Phi) is 4.06. The molecular formula is C11H16N2O2S. The van der Waals surface area contributed by atoms with Gasteiger partial charge in [0.05, 0.1) is 15.7 Å². The van der Waals surface area contributed by atoms with Gasteiger partial charge in [0.2, 0.25) is 5.91 Å². The summed E-state index contributed by atoms with van der Waals surface area (Å²) in [5, 5.41) is 0. The average Bonchev–Trinajstić information content (AvgIpc) is 2.16. The summed E-state index contributed by atoms with van der Waals surface area (Å²) < 4.78 is 11.9. The van der Waals surface area contributed by atoms with Crippen molar-refractivity contribution in [1.82, 2.24) is 4.90 Å². The predicted molar refractivity (Wildman–Crippen MR) is 65.6 cm³/mol. The molecule has 0 saturated heterocycles. The summed E-state index contributed by atoms with van der Waals surface area (Å²) >= 11 is 0. The normalized spacial score (nSPS) is 12.2. The predicted octanol–water partition coefficient (Wildman–Crippen LogP) is 0.773. The van der Waals surface area contributed by atoms with Crippen LogP contribution in [0.5, 0.6) is 0 Å². The number of hydrogen-bond donors (Lipinski definition) is 1. The summed E-state index contributed by atoms with van der Waals surface area (Å²) in [6.07, 6.45) is 0. The molecule has 0 bridgehead atoms. The van der Waals surface area contributed by atoms with Gasteiger partial charge in [-0.15, -0.1) is 0 Å². The van der Waals surface area contributed by atoms with Crippen LogP contribution in [0, 0.1) is 6.92 Å². The average molecular weight is 240 g/mol. The molecule has 0 aliphatic rings. The molecule has 1 amide bonds. The van der Waals surface area contributed by atoms with Crippen LogP contribution in [0.1, 0.15) is 5.56 Å². The lowest BCUT2D eigenvalue weighted by Gasteiger charge is -2.11. The number of nitrogens with zero attached hydrogens (tertiary/aromatic N) is 1. The second kappa shape index (κ2) is 5.12. The lowest BCUT2D eigenvalue weighted by atomic mass is 10.2. The van der Waals surface area contributed by atoms with E-state index >= 15 is 0 Å². The van der Waals surface area contributed by atoms with Gasteiger partial charge in [0.1, 0.15) is 5.75 Å². The monoisotopic (exact) mass is 240 g/mol. The summed E-state index contributed by atoms with van der Waals surface area (Å²) in [4.78, 5) is 13.3. The Labute approximate surface area is 97.9 Å². The zero-order valence-corrected chi connectivity index (χ0v) is 10.5. The third kappa shape index (κ3) is 3.06. The number of nitrogen functional groups attached to an aromatic ring is 1. The van der Waals surface area contributed by atoms with E-state index in [4.69, 9.17) is 5.73 Å². The smallest absolute Gasteiger partial charge is 0.235 e. The Morgan fingerprint density at radius 3 is 2.56 bits per heavy atom. The maximum Gasteiger partial charge on any atom is 0.235 e. The number of rotatable bonds is 3. The highest BCUT2D eigenvalue weighted by atomic mass is 32.2. The molecule has 1 aromatic rings. The summed E-state index contributed by atoms with van der Waals surface area (Å²) in [5.74, 6) is -0.196. The minimum Gasteiger partial charge on any atom is -0.398 e. The minimum atomic E-state index is -1.37. The lowest BCUT2D eigenvalue weighted by Crippen LogP contribution is -2.27. The molecule has 5 heteroatoms. The third-order valence-electron chi connectivity index (χ3n) is 2.16. The Bertz CT molecular complexity index is 430. The van der Waals surface area contributed by atoms with Gasteiger partial charge in [0.25, 0.3) is 0 Å². The molecule has 0 radical (unpaired) electrons. The Balaban J connectivity index is 2.85. The van der Waals surface area contributed by atoms with Crippen molar-refractivity contribution < 1.29 is 9.00 Å². The number of hydrogen-bond acceptors (Lipinski definition) is 3. The van der Waals surface area contributed by atoms with Crippen LogP contribution in [0.15, 0.2) is 23.1 Å². The Hall–Kier alpha value is -1.36. The molecule has 0 aliphatic carbocycles. The van der Waals surface area contributed by atoms with Crippen LogP contribution in [0.3, 0.4) is 0 Å². The van der Waals surface area contributed by atoms with E-state index in [1.165, 1.54) is 4.90 Å². The molecule has 0 aromatic heterocycles. The number of benzene rings is 1. The highest BCUT2D eigenvalue weighted by Crippen LogP contribution is 2.18. The van der Waals surface area contributed by atoms with Gasteiger partial charge in [-0.1, -0.05) is 6.07 Å². The molecule has 88 valence electrons. The topological polar surface area (TPSA) is 63.4 Å². The molecule has 0 fully saturated rings. The SMILES string of the molecule is Cc1ccc(S(=O)CC(=O)N(C)C)c(N)c1. The van der Waals surface area contributed by atoms with Gasteiger partial charge in [-0.25, -0.2) is 0 Å². The fourth-order valence-electron chi connectivity index (χ4n) is 1.19. The zero-order chi connectivity index (χ0) is 12.3. The minimum absolute atomic E-state index is 0.0275. The van der Waals surface area contributed by atoms with E-state index in [0.29, 0.717) is 10.6 Å². The first kappa shape index (κ1) is 12.7. The summed E-state index contributed by atoms with van der Waals surface area (Å²) in [5.41, 5.74) is 7.24. The molecule has 4 nitrogen and oxygen atoms in total. The van der Waals surface area contributed by atoms with E-state index < -0.39 is 10.8 Å². The van der Waals surface area contributed by atoms with E-state index in [2.05, 4.69) is 0 Å². The molecule has 1 aromatic carbocycles. The van der Waals surface area contributed by atoms with Gasteiger partial charge in [0.15, 0.2) is 0 Å². The standard InChI is InChI=1S/C11H16N2O2S/c1-8-4-5-10(9(12)6-8)16(15)7-11(14)13(2)3/h4-6H,7,12H2,1-3H3. The van der Waals surface area contributed by atoms with Crippen LogP contribution >= 0.6 is 0 Å². The number of amides is 1. The number of nitrogens with two attached hydrogens (primary N) is 1. The lowest BCUT2D eigenvalue weighted by molar-refractivity contribution is -0.125. The van der Waals surface area contributed by atoms with Gasteiger partial charge in [-0.3, -0.25) is 9.00 Å². The molecule has 0 heterocycles. The second-order valence-corrected chi connectivity index (χ2v) is 5.24. The third-order valence-corrected chi connectivity index (χ3v) is 3.54. The molecule has 0 aliphatic heterocycles. The fraction of sp³-hybridized carbons (Fsp3) is 0.364. The molecule has 0 saturated carbocycles. The van der Waals surface area contributed by atoms with Crippen molar-refractivity contribution in [3.63, 3.8) is 0 Å². The molecule has 1 atom stereocenters.